The van der Waals surface area contributed by atoms with E-state index in [0.29, 0.717) is 6.61 Å². The molecular weight excluding hydrogens is 256 g/mol. The summed E-state index contributed by atoms with van der Waals surface area (Å²) < 4.78 is 33.7. The van der Waals surface area contributed by atoms with Crippen LogP contribution in [-0.4, -0.2) is 36.7 Å². The molecule has 1 unspecified atom stereocenters. The average Bonchev–Trinajstić information content (AvgIpc) is 2.85. The van der Waals surface area contributed by atoms with Gasteiger partial charge in [0.2, 0.25) is 0 Å². The lowest BCUT2D eigenvalue weighted by Gasteiger charge is -2.23. The second-order valence-corrected chi connectivity index (χ2v) is 6.45. The Kier molecular flexibility index (Phi) is 3.35. The number of nitrogens with two attached hydrogens (primary N) is 1. The molecule has 1 aromatic rings. The Hall–Kier alpha value is -1.12. The van der Waals surface area contributed by atoms with Gasteiger partial charge in [0.25, 0.3) is 10.0 Å². The van der Waals surface area contributed by atoms with E-state index in [4.69, 9.17) is 10.5 Å². The quantitative estimate of drug-likeness (QED) is 0.795. The van der Waals surface area contributed by atoms with Crippen LogP contribution in [0.5, 0.6) is 0 Å². The maximum absolute atomic E-state index is 12.1. The van der Waals surface area contributed by atoms with E-state index in [9.17, 15) is 8.42 Å². The number of rotatable bonds is 4. The Morgan fingerprint density at radius 2 is 2.39 bits per heavy atom. The smallest absolute Gasteiger partial charge is 0.260 e. The zero-order valence-corrected chi connectivity index (χ0v) is 11.3. The van der Waals surface area contributed by atoms with Crippen molar-refractivity contribution in [2.75, 3.05) is 18.9 Å². The Morgan fingerprint density at radius 3 is 2.89 bits per heavy atom. The number of imidazole rings is 1. The highest BCUT2D eigenvalue weighted by Gasteiger charge is 2.32. The van der Waals surface area contributed by atoms with Crippen LogP contribution in [0.1, 0.15) is 19.8 Å². The van der Waals surface area contributed by atoms with Crippen LogP contribution in [0.15, 0.2) is 11.4 Å². The SMILES string of the molecule is Cn1cnc(N)c1S(=O)(=O)NCC1(C)CCCO1. The summed E-state index contributed by atoms with van der Waals surface area (Å²) in [4.78, 5) is 3.77. The fraction of sp³-hybridized carbons (Fsp3) is 0.700. The molecule has 0 saturated carbocycles. The van der Waals surface area contributed by atoms with Crippen LogP contribution in [-0.2, 0) is 21.8 Å². The largest absolute Gasteiger partial charge is 0.381 e. The maximum atomic E-state index is 12.1. The van der Waals surface area contributed by atoms with E-state index in [-0.39, 0.29) is 17.4 Å². The molecule has 1 atom stereocenters. The second-order valence-electron chi connectivity index (χ2n) is 4.77. The van der Waals surface area contributed by atoms with Crippen LogP contribution in [0.25, 0.3) is 0 Å². The topological polar surface area (TPSA) is 99.2 Å². The minimum Gasteiger partial charge on any atom is -0.381 e. The average molecular weight is 274 g/mol. The molecule has 1 aliphatic heterocycles. The molecule has 1 aromatic heterocycles. The fourth-order valence-electron chi connectivity index (χ4n) is 2.06. The summed E-state index contributed by atoms with van der Waals surface area (Å²) in [6.45, 7) is 2.81. The molecule has 8 heteroatoms. The summed E-state index contributed by atoms with van der Waals surface area (Å²) in [5.74, 6) is 0.00231. The van der Waals surface area contributed by atoms with E-state index in [2.05, 4.69) is 9.71 Å². The van der Waals surface area contributed by atoms with Crippen molar-refractivity contribution in [3.8, 4) is 0 Å². The lowest BCUT2D eigenvalue weighted by atomic mass is 10.0. The monoisotopic (exact) mass is 274 g/mol. The van der Waals surface area contributed by atoms with Gasteiger partial charge in [-0.25, -0.2) is 18.1 Å². The molecule has 3 N–H and O–H groups in total. The molecule has 1 aliphatic rings. The number of ether oxygens (including phenoxy) is 1. The molecule has 0 bridgehead atoms. The third-order valence-electron chi connectivity index (χ3n) is 3.10. The highest BCUT2D eigenvalue weighted by Crippen LogP contribution is 2.25. The predicted molar refractivity (Wildman–Crippen MR) is 66.4 cm³/mol. The van der Waals surface area contributed by atoms with Gasteiger partial charge in [0, 0.05) is 20.2 Å². The van der Waals surface area contributed by atoms with Gasteiger partial charge in [0.05, 0.1) is 11.9 Å². The first-order chi connectivity index (χ1) is 8.34. The second kappa shape index (κ2) is 4.52. The summed E-state index contributed by atoms with van der Waals surface area (Å²) in [5.41, 5.74) is 5.13. The predicted octanol–water partition coefficient (Wildman–Crippen LogP) is -0.150. The van der Waals surface area contributed by atoms with Gasteiger partial charge in [-0.15, -0.1) is 0 Å². The minimum absolute atomic E-state index is 0.00231. The van der Waals surface area contributed by atoms with Crippen LogP contribution in [0.3, 0.4) is 0 Å². The van der Waals surface area contributed by atoms with Crippen molar-refractivity contribution in [1.29, 1.82) is 0 Å². The first kappa shape index (κ1) is 13.3. The van der Waals surface area contributed by atoms with Gasteiger partial charge in [0.1, 0.15) is 0 Å². The maximum Gasteiger partial charge on any atom is 0.260 e. The van der Waals surface area contributed by atoms with E-state index in [1.54, 1.807) is 7.05 Å². The molecule has 0 aromatic carbocycles. The molecule has 18 heavy (non-hydrogen) atoms. The van der Waals surface area contributed by atoms with E-state index in [1.165, 1.54) is 10.9 Å². The Morgan fingerprint density at radius 1 is 1.67 bits per heavy atom. The van der Waals surface area contributed by atoms with Gasteiger partial charge in [-0.05, 0) is 19.8 Å². The van der Waals surface area contributed by atoms with Gasteiger partial charge in [-0.2, -0.15) is 0 Å². The van der Waals surface area contributed by atoms with Crippen LogP contribution in [0, 0.1) is 0 Å². The number of hydrogen-bond donors (Lipinski definition) is 2. The van der Waals surface area contributed by atoms with Crippen LogP contribution in [0.4, 0.5) is 5.82 Å². The number of hydrogen-bond acceptors (Lipinski definition) is 5. The molecule has 1 fully saturated rings. The Labute approximate surface area is 106 Å². The zero-order chi connectivity index (χ0) is 13.4. The van der Waals surface area contributed by atoms with Crippen molar-refractivity contribution in [2.24, 2.45) is 7.05 Å². The molecule has 0 amide bonds. The Bertz CT molecular complexity index is 512. The molecule has 0 aliphatic carbocycles. The number of aryl methyl sites for hydroxylation is 1. The first-order valence-electron chi connectivity index (χ1n) is 5.74. The van der Waals surface area contributed by atoms with Crippen molar-refractivity contribution >= 4 is 15.8 Å². The van der Waals surface area contributed by atoms with E-state index < -0.39 is 15.6 Å². The number of anilines is 1. The van der Waals surface area contributed by atoms with Gasteiger partial charge in [-0.1, -0.05) is 0 Å². The van der Waals surface area contributed by atoms with Gasteiger partial charge >= 0.3 is 0 Å². The summed E-state index contributed by atoms with van der Waals surface area (Å²) in [5, 5.41) is -0.0101. The highest BCUT2D eigenvalue weighted by molar-refractivity contribution is 7.89. The lowest BCUT2D eigenvalue weighted by molar-refractivity contribution is 0.0250. The van der Waals surface area contributed by atoms with Crippen LogP contribution >= 0.6 is 0 Å². The van der Waals surface area contributed by atoms with E-state index in [0.717, 1.165) is 12.8 Å². The normalized spacial score (nSPS) is 24.6. The molecular formula is C10H18N4O3S. The molecule has 2 rings (SSSR count). The Balaban J connectivity index is 2.13. The third-order valence-corrected chi connectivity index (χ3v) is 4.63. The van der Waals surface area contributed by atoms with Crippen LogP contribution < -0.4 is 10.5 Å². The van der Waals surface area contributed by atoms with Crippen molar-refractivity contribution in [1.82, 2.24) is 14.3 Å². The number of aromatic nitrogens is 2. The third kappa shape index (κ3) is 2.50. The first-order valence-corrected chi connectivity index (χ1v) is 7.23. The number of nitrogens with zero attached hydrogens (tertiary/aromatic N) is 2. The van der Waals surface area contributed by atoms with Crippen molar-refractivity contribution < 1.29 is 13.2 Å². The van der Waals surface area contributed by atoms with E-state index >= 15 is 0 Å². The standard InChI is InChI=1S/C10H18N4O3S/c1-10(4-3-5-17-10)6-13-18(15,16)9-8(11)12-7-14(9)2/h7,13H,3-6,11H2,1-2H3. The molecule has 2 heterocycles. The molecule has 102 valence electrons. The van der Waals surface area contributed by atoms with Gasteiger partial charge in [-0.3, -0.25) is 0 Å². The van der Waals surface area contributed by atoms with Gasteiger partial charge < -0.3 is 15.0 Å². The van der Waals surface area contributed by atoms with E-state index in [1.807, 2.05) is 6.92 Å². The van der Waals surface area contributed by atoms with Gasteiger partial charge in [0.15, 0.2) is 10.8 Å². The van der Waals surface area contributed by atoms with Crippen molar-refractivity contribution in [3.05, 3.63) is 6.33 Å². The summed E-state index contributed by atoms with van der Waals surface area (Å²) in [6.07, 6.45) is 3.17. The molecule has 7 nitrogen and oxygen atoms in total. The highest BCUT2D eigenvalue weighted by atomic mass is 32.2. The van der Waals surface area contributed by atoms with Crippen molar-refractivity contribution in [3.63, 3.8) is 0 Å². The van der Waals surface area contributed by atoms with Crippen molar-refractivity contribution in [2.45, 2.75) is 30.4 Å². The lowest BCUT2D eigenvalue weighted by Crippen LogP contribution is -2.40. The van der Waals surface area contributed by atoms with Crippen LogP contribution in [0.2, 0.25) is 0 Å². The number of nitrogens with one attached hydrogen (secondary N) is 1. The summed E-state index contributed by atoms with van der Waals surface area (Å²) in [7, 11) is -2.07. The molecule has 1 saturated heterocycles. The summed E-state index contributed by atoms with van der Waals surface area (Å²) in [6, 6.07) is 0. The molecule has 0 radical (unpaired) electrons. The zero-order valence-electron chi connectivity index (χ0n) is 10.5. The number of nitrogen functional groups attached to an aromatic ring is 1. The summed E-state index contributed by atoms with van der Waals surface area (Å²) >= 11 is 0. The minimum atomic E-state index is -3.66. The number of sulfonamides is 1. The fourth-order valence-corrected chi connectivity index (χ4v) is 3.44. The molecule has 0 spiro atoms.